The van der Waals surface area contributed by atoms with Crippen LogP contribution in [0.2, 0.25) is 0 Å². The molecular weight excluding hydrogens is 400 g/mol. The van der Waals surface area contributed by atoms with Crippen molar-refractivity contribution in [2.24, 2.45) is 5.92 Å². The third-order valence-corrected chi connectivity index (χ3v) is 7.17. The maximum Gasteiger partial charge on any atom is 0.241 e. The lowest BCUT2D eigenvalue weighted by atomic mass is 9.98. The number of likely N-dealkylation sites (tertiary alicyclic amines) is 1. The highest BCUT2D eigenvalue weighted by Gasteiger charge is 2.19. The summed E-state index contributed by atoms with van der Waals surface area (Å²) in [6.07, 6.45) is 3.27. The normalized spacial score (nSPS) is 18.2. The Morgan fingerprint density at radius 1 is 1.00 bits per heavy atom. The number of sulfonamides is 1. The first-order chi connectivity index (χ1) is 14.5. The summed E-state index contributed by atoms with van der Waals surface area (Å²) in [7, 11) is -3.65. The van der Waals surface area contributed by atoms with Gasteiger partial charge in [-0.2, -0.15) is 0 Å². The highest BCUT2D eigenvalue weighted by atomic mass is 32.2. The molecule has 2 aromatic rings. The molecule has 1 fully saturated rings. The molecular formula is C23H30N2O4S. The van der Waals surface area contributed by atoms with Crippen LogP contribution in [0.3, 0.4) is 0 Å². The van der Waals surface area contributed by atoms with Gasteiger partial charge >= 0.3 is 0 Å². The molecule has 0 bridgehead atoms. The average molecular weight is 431 g/mol. The molecule has 0 unspecified atom stereocenters. The van der Waals surface area contributed by atoms with Crippen molar-refractivity contribution < 1.29 is 17.9 Å². The fourth-order valence-corrected chi connectivity index (χ4v) is 4.92. The topological polar surface area (TPSA) is 67.9 Å². The minimum Gasteiger partial charge on any atom is -0.490 e. The molecule has 0 saturated carbocycles. The molecule has 0 amide bonds. The van der Waals surface area contributed by atoms with Gasteiger partial charge in [-0.05, 0) is 55.1 Å². The maximum atomic E-state index is 12.8. The summed E-state index contributed by atoms with van der Waals surface area (Å²) in [6.45, 7) is 6.82. The van der Waals surface area contributed by atoms with Crippen LogP contribution in [0, 0.1) is 5.92 Å². The van der Waals surface area contributed by atoms with Crippen molar-refractivity contribution in [3.05, 3.63) is 53.6 Å². The van der Waals surface area contributed by atoms with Crippen molar-refractivity contribution in [2.75, 3.05) is 26.3 Å². The first-order valence-electron chi connectivity index (χ1n) is 10.7. The van der Waals surface area contributed by atoms with Gasteiger partial charge in [-0.3, -0.25) is 4.90 Å². The van der Waals surface area contributed by atoms with Crippen molar-refractivity contribution in [2.45, 2.75) is 44.2 Å². The molecule has 2 aliphatic heterocycles. The Bertz CT molecular complexity index is 969. The Hall–Kier alpha value is -2.09. The van der Waals surface area contributed by atoms with Gasteiger partial charge in [0, 0.05) is 25.6 Å². The number of hydrogen-bond donors (Lipinski definition) is 1. The number of rotatable bonds is 6. The average Bonchev–Trinajstić information content (AvgIpc) is 2.99. The number of nitrogens with one attached hydrogen (secondary N) is 1. The molecule has 0 radical (unpaired) electrons. The van der Waals surface area contributed by atoms with E-state index in [0.29, 0.717) is 24.7 Å². The van der Waals surface area contributed by atoms with E-state index >= 15 is 0 Å². The van der Waals surface area contributed by atoms with E-state index in [0.717, 1.165) is 37.5 Å². The fraction of sp³-hybridized carbons (Fsp3) is 0.478. The zero-order valence-corrected chi connectivity index (χ0v) is 18.3. The molecule has 4 rings (SSSR count). The SMILES string of the molecule is CC1CCN(Cc2cccc(CNS(=O)(=O)c3ccc4c(c3)OCCCO4)c2)CC1. The molecule has 2 heterocycles. The van der Waals surface area contributed by atoms with Crippen molar-refractivity contribution >= 4 is 10.0 Å². The number of nitrogens with zero attached hydrogens (tertiary/aromatic N) is 1. The Morgan fingerprint density at radius 2 is 1.73 bits per heavy atom. The minimum absolute atomic E-state index is 0.186. The second kappa shape index (κ2) is 9.37. The van der Waals surface area contributed by atoms with Gasteiger partial charge < -0.3 is 9.47 Å². The van der Waals surface area contributed by atoms with Gasteiger partial charge in [0.05, 0.1) is 18.1 Å². The molecule has 0 aliphatic carbocycles. The highest BCUT2D eigenvalue weighted by Crippen LogP contribution is 2.31. The van der Waals surface area contributed by atoms with Crippen LogP contribution in [0.5, 0.6) is 11.5 Å². The maximum absolute atomic E-state index is 12.8. The standard InChI is InChI=1S/C23H30N2O4S/c1-18-8-10-25(11-9-18)17-20-5-2-4-19(14-20)16-24-30(26,27)21-6-7-22-23(15-21)29-13-3-12-28-22/h2,4-7,14-15,18,24H,3,8-13,16-17H2,1H3. The summed E-state index contributed by atoms with van der Waals surface area (Å²) in [5, 5.41) is 0. The molecule has 162 valence electrons. The number of ether oxygens (including phenoxy) is 2. The monoisotopic (exact) mass is 430 g/mol. The summed E-state index contributed by atoms with van der Waals surface area (Å²) in [6, 6.07) is 12.9. The second-order valence-electron chi connectivity index (χ2n) is 8.26. The van der Waals surface area contributed by atoms with E-state index in [-0.39, 0.29) is 11.4 Å². The van der Waals surface area contributed by atoms with Crippen molar-refractivity contribution in [1.29, 1.82) is 0 Å². The van der Waals surface area contributed by atoms with Crippen molar-refractivity contribution in [1.82, 2.24) is 9.62 Å². The lowest BCUT2D eigenvalue weighted by molar-refractivity contribution is 0.185. The molecule has 1 saturated heterocycles. The van der Waals surface area contributed by atoms with Crippen molar-refractivity contribution in [3.8, 4) is 11.5 Å². The lowest BCUT2D eigenvalue weighted by Crippen LogP contribution is -2.32. The number of fused-ring (bicyclic) bond motifs is 1. The van der Waals surface area contributed by atoms with E-state index in [1.54, 1.807) is 12.1 Å². The van der Waals surface area contributed by atoms with Crippen LogP contribution in [-0.4, -0.2) is 39.6 Å². The van der Waals surface area contributed by atoms with E-state index < -0.39 is 10.0 Å². The van der Waals surface area contributed by atoms with Gasteiger partial charge in [0.25, 0.3) is 0 Å². The molecule has 0 aromatic heterocycles. The summed E-state index contributed by atoms with van der Waals surface area (Å²) in [4.78, 5) is 2.66. The molecule has 0 spiro atoms. The van der Waals surface area contributed by atoms with Gasteiger partial charge in [0.2, 0.25) is 10.0 Å². The smallest absolute Gasteiger partial charge is 0.241 e. The van der Waals surface area contributed by atoms with Gasteiger partial charge in [0.15, 0.2) is 11.5 Å². The molecule has 2 aliphatic rings. The summed E-state index contributed by atoms with van der Waals surface area (Å²) in [5.74, 6) is 1.88. The van der Waals surface area contributed by atoms with Crippen LogP contribution >= 0.6 is 0 Å². The molecule has 6 nitrogen and oxygen atoms in total. The predicted molar refractivity (Wildman–Crippen MR) is 116 cm³/mol. The van der Waals surface area contributed by atoms with Crippen LogP contribution < -0.4 is 14.2 Å². The van der Waals surface area contributed by atoms with Gasteiger partial charge in [-0.15, -0.1) is 0 Å². The van der Waals surface area contributed by atoms with E-state index in [9.17, 15) is 8.42 Å². The lowest BCUT2D eigenvalue weighted by Gasteiger charge is -2.30. The second-order valence-corrected chi connectivity index (χ2v) is 10.0. The molecule has 0 atom stereocenters. The first kappa shape index (κ1) is 21.2. The van der Waals surface area contributed by atoms with Crippen LogP contribution in [0.1, 0.15) is 37.3 Å². The van der Waals surface area contributed by atoms with E-state index in [1.165, 1.54) is 24.5 Å². The zero-order chi connectivity index (χ0) is 21.0. The third kappa shape index (κ3) is 5.33. The van der Waals surface area contributed by atoms with Crippen LogP contribution in [0.4, 0.5) is 0 Å². The molecule has 1 N–H and O–H groups in total. The van der Waals surface area contributed by atoms with Gasteiger partial charge in [-0.1, -0.05) is 31.2 Å². The summed E-state index contributed by atoms with van der Waals surface area (Å²) >= 11 is 0. The third-order valence-electron chi connectivity index (χ3n) is 5.77. The molecule has 7 heteroatoms. The number of piperidine rings is 1. The quantitative estimate of drug-likeness (QED) is 0.759. The molecule has 2 aromatic carbocycles. The summed E-state index contributed by atoms with van der Waals surface area (Å²) < 4.78 is 39.5. The fourth-order valence-electron chi connectivity index (χ4n) is 3.89. The van der Waals surface area contributed by atoms with Crippen LogP contribution in [-0.2, 0) is 23.1 Å². The zero-order valence-electron chi connectivity index (χ0n) is 17.5. The van der Waals surface area contributed by atoms with Crippen LogP contribution in [0.25, 0.3) is 0 Å². The van der Waals surface area contributed by atoms with E-state index in [4.69, 9.17) is 9.47 Å². The number of hydrogen-bond acceptors (Lipinski definition) is 5. The van der Waals surface area contributed by atoms with Crippen LogP contribution in [0.15, 0.2) is 47.4 Å². The Morgan fingerprint density at radius 3 is 2.53 bits per heavy atom. The molecule has 30 heavy (non-hydrogen) atoms. The predicted octanol–water partition coefficient (Wildman–Crippen LogP) is 3.56. The summed E-state index contributed by atoms with van der Waals surface area (Å²) in [5.41, 5.74) is 2.17. The minimum atomic E-state index is -3.65. The highest BCUT2D eigenvalue weighted by molar-refractivity contribution is 7.89. The van der Waals surface area contributed by atoms with E-state index in [1.807, 2.05) is 12.1 Å². The number of benzene rings is 2. The van der Waals surface area contributed by atoms with Crippen molar-refractivity contribution in [3.63, 3.8) is 0 Å². The largest absolute Gasteiger partial charge is 0.490 e. The Balaban J connectivity index is 1.39. The first-order valence-corrected chi connectivity index (χ1v) is 12.2. The van der Waals surface area contributed by atoms with E-state index in [2.05, 4.69) is 28.7 Å². The Labute approximate surface area is 179 Å². The Kier molecular flexibility index (Phi) is 6.61. The van der Waals surface area contributed by atoms with Gasteiger partial charge in [0.1, 0.15) is 0 Å². The van der Waals surface area contributed by atoms with Gasteiger partial charge in [-0.25, -0.2) is 13.1 Å².